The minimum Gasteiger partial charge on any atom is -0.397 e. The van der Waals surface area contributed by atoms with Crippen LogP contribution >= 0.6 is 11.3 Å². The normalized spacial score (nSPS) is 10.6. The topological polar surface area (TPSA) is 115 Å². The Morgan fingerprint density at radius 1 is 1.06 bits per heavy atom. The molecule has 4 rings (SSSR count). The van der Waals surface area contributed by atoms with E-state index in [1.54, 1.807) is 23.5 Å². The fourth-order valence-corrected chi connectivity index (χ4v) is 3.48. The van der Waals surface area contributed by atoms with Crippen molar-refractivity contribution in [2.75, 3.05) is 16.4 Å². The summed E-state index contributed by atoms with van der Waals surface area (Å²) in [5.41, 5.74) is 9.30. The number of thiophene rings is 1. The number of nitrogen functional groups attached to an aromatic ring is 1. The van der Waals surface area contributed by atoms with E-state index < -0.39 is 17.6 Å². The first-order valence-corrected chi connectivity index (χ1v) is 10.1. The van der Waals surface area contributed by atoms with Crippen LogP contribution < -0.4 is 16.4 Å². The van der Waals surface area contributed by atoms with Gasteiger partial charge in [-0.1, -0.05) is 11.3 Å². The lowest BCUT2D eigenvalue weighted by Gasteiger charge is -2.09. The number of nitrogens with one attached hydrogen (secondary N) is 2. The Balaban J connectivity index is 1.41. The largest absolute Gasteiger partial charge is 0.397 e. The lowest BCUT2D eigenvalue weighted by Crippen LogP contribution is -2.19. The number of amides is 2. The number of nitrogens with two attached hydrogens (primary N) is 1. The Bertz CT molecular complexity index is 1220. The van der Waals surface area contributed by atoms with Crippen LogP contribution in [-0.4, -0.2) is 26.8 Å². The van der Waals surface area contributed by atoms with Crippen LogP contribution in [0.2, 0.25) is 0 Å². The second kappa shape index (κ2) is 8.76. The first-order valence-electron chi connectivity index (χ1n) is 9.17. The number of hydrogen-bond acceptors (Lipinski definition) is 6. The van der Waals surface area contributed by atoms with E-state index >= 15 is 0 Å². The minimum absolute atomic E-state index is 0.0370. The fraction of sp³-hybridized carbons (Fsp3) is 0.0476. The second-order valence-electron chi connectivity index (χ2n) is 6.62. The Hall–Kier alpha value is -4.05. The maximum atomic E-state index is 12.9. The van der Waals surface area contributed by atoms with Crippen LogP contribution in [0.25, 0.3) is 11.1 Å². The van der Waals surface area contributed by atoms with E-state index in [4.69, 9.17) is 5.73 Å². The van der Waals surface area contributed by atoms with E-state index in [1.807, 2.05) is 22.9 Å². The molecule has 2 aromatic heterocycles. The van der Waals surface area contributed by atoms with Crippen LogP contribution in [0.1, 0.15) is 10.5 Å². The molecule has 0 spiro atoms. The molecule has 0 aliphatic carbocycles. The predicted molar refractivity (Wildman–Crippen MR) is 117 cm³/mol. The smallest absolute Gasteiger partial charge is 0.277 e. The third kappa shape index (κ3) is 4.93. The van der Waals surface area contributed by atoms with Crippen molar-refractivity contribution < 1.29 is 14.0 Å². The molecule has 10 heteroatoms. The van der Waals surface area contributed by atoms with Crippen molar-refractivity contribution in [3.63, 3.8) is 0 Å². The number of nitrogens with zero attached hydrogens (tertiary/aromatic N) is 3. The molecule has 0 radical (unpaired) electrons. The molecule has 0 atom stereocenters. The number of rotatable bonds is 6. The number of halogens is 1. The second-order valence-corrected chi connectivity index (χ2v) is 7.40. The van der Waals surface area contributed by atoms with Crippen molar-refractivity contribution in [1.82, 2.24) is 15.0 Å². The van der Waals surface area contributed by atoms with Crippen LogP contribution in [0.5, 0.6) is 0 Å². The van der Waals surface area contributed by atoms with E-state index in [-0.39, 0.29) is 12.2 Å². The number of carbonyl (C=O) groups is 2. The summed E-state index contributed by atoms with van der Waals surface area (Å²) in [6.45, 7) is -0.159. The van der Waals surface area contributed by atoms with Gasteiger partial charge in [0.15, 0.2) is 5.69 Å². The molecule has 4 N–H and O–H groups in total. The maximum Gasteiger partial charge on any atom is 0.277 e. The van der Waals surface area contributed by atoms with E-state index in [0.29, 0.717) is 17.1 Å². The van der Waals surface area contributed by atoms with Crippen LogP contribution in [0.15, 0.2) is 65.5 Å². The third-order valence-corrected chi connectivity index (χ3v) is 5.04. The number of hydrogen-bond donors (Lipinski definition) is 3. The van der Waals surface area contributed by atoms with Gasteiger partial charge in [-0.15, -0.1) is 5.10 Å². The van der Waals surface area contributed by atoms with E-state index in [9.17, 15) is 14.0 Å². The Labute approximate surface area is 180 Å². The highest BCUT2D eigenvalue weighted by atomic mass is 32.1. The molecule has 0 aliphatic heterocycles. The fourth-order valence-electron chi connectivity index (χ4n) is 2.82. The summed E-state index contributed by atoms with van der Waals surface area (Å²) in [7, 11) is 0. The van der Waals surface area contributed by atoms with Gasteiger partial charge >= 0.3 is 0 Å². The van der Waals surface area contributed by atoms with Crippen LogP contribution in [0, 0.1) is 5.82 Å². The first kappa shape index (κ1) is 20.2. The standard InChI is InChI=1S/C21H17FN6O2S/c22-15-2-4-16(5-3-15)24-20(29)11-28-10-19(26-27-28)21(30)25-18-9-13(1-6-17(18)23)14-7-8-31-12-14/h1-10,12H,11,23H2,(H,24,29)(H,25,30). The molecule has 31 heavy (non-hydrogen) atoms. The van der Waals surface area contributed by atoms with Gasteiger partial charge < -0.3 is 16.4 Å². The molecule has 2 amide bonds. The average molecular weight is 436 g/mol. The van der Waals surface area contributed by atoms with Crippen molar-refractivity contribution in [3.05, 3.63) is 77.0 Å². The van der Waals surface area contributed by atoms with Gasteiger partial charge in [0.1, 0.15) is 12.4 Å². The van der Waals surface area contributed by atoms with Crippen molar-refractivity contribution in [3.8, 4) is 11.1 Å². The van der Waals surface area contributed by atoms with E-state index in [1.165, 1.54) is 35.1 Å². The molecule has 0 aliphatic rings. The quantitative estimate of drug-likeness (QED) is 0.400. The summed E-state index contributed by atoms with van der Waals surface area (Å²) in [5.74, 6) is -1.29. The van der Waals surface area contributed by atoms with E-state index in [2.05, 4.69) is 20.9 Å². The van der Waals surface area contributed by atoms with Gasteiger partial charge in [0.05, 0.1) is 17.6 Å². The highest BCUT2D eigenvalue weighted by Crippen LogP contribution is 2.28. The molecule has 4 aromatic rings. The van der Waals surface area contributed by atoms with Gasteiger partial charge in [0.2, 0.25) is 5.91 Å². The van der Waals surface area contributed by atoms with Crippen LogP contribution in [0.3, 0.4) is 0 Å². The van der Waals surface area contributed by atoms with Crippen LogP contribution in [-0.2, 0) is 11.3 Å². The predicted octanol–water partition coefficient (Wildman–Crippen LogP) is 3.62. The molecule has 8 nitrogen and oxygen atoms in total. The van der Waals surface area contributed by atoms with Gasteiger partial charge in [-0.25, -0.2) is 9.07 Å². The summed E-state index contributed by atoms with van der Waals surface area (Å²) in [4.78, 5) is 24.7. The molecule has 0 fully saturated rings. The Morgan fingerprint density at radius 3 is 2.61 bits per heavy atom. The van der Waals surface area contributed by atoms with Crippen molar-refractivity contribution in [2.24, 2.45) is 0 Å². The highest BCUT2D eigenvalue weighted by molar-refractivity contribution is 7.08. The number of benzene rings is 2. The maximum absolute atomic E-state index is 12.9. The third-order valence-electron chi connectivity index (χ3n) is 4.36. The van der Waals surface area contributed by atoms with Gasteiger partial charge in [0, 0.05) is 5.69 Å². The molecule has 0 saturated carbocycles. The zero-order chi connectivity index (χ0) is 21.8. The first-order chi connectivity index (χ1) is 15.0. The number of carbonyl (C=O) groups excluding carboxylic acids is 2. The highest BCUT2D eigenvalue weighted by Gasteiger charge is 2.15. The minimum atomic E-state index is -0.501. The molecule has 0 saturated heterocycles. The van der Waals surface area contributed by atoms with Crippen LogP contribution in [0.4, 0.5) is 21.5 Å². The van der Waals surface area contributed by atoms with Gasteiger partial charge in [-0.3, -0.25) is 9.59 Å². The molecule has 0 bridgehead atoms. The summed E-state index contributed by atoms with van der Waals surface area (Å²) in [5, 5.41) is 16.9. The van der Waals surface area contributed by atoms with Crippen molar-refractivity contribution >= 4 is 40.2 Å². The summed E-state index contributed by atoms with van der Waals surface area (Å²) < 4.78 is 14.2. The van der Waals surface area contributed by atoms with Crippen molar-refractivity contribution in [1.29, 1.82) is 0 Å². The molecule has 0 unspecified atom stereocenters. The Kier molecular flexibility index (Phi) is 5.72. The molecule has 156 valence electrons. The summed E-state index contributed by atoms with van der Waals surface area (Å²) in [6, 6.07) is 12.7. The van der Waals surface area contributed by atoms with Crippen molar-refractivity contribution in [2.45, 2.75) is 6.54 Å². The number of aromatic nitrogens is 3. The van der Waals surface area contributed by atoms with Gasteiger partial charge in [0.25, 0.3) is 5.91 Å². The molecule has 2 aromatic carbocycles. The SMILES string of the molecule is Nc1ccc(-c2ccsc2)cc1NC(=O)c1cn(CC(=O)Nc2ccc(F)cc2)nn1. The summed E-state index contributed by atoms with van der Waals surface area (Å²) in [6.07, 6.45) is 1.36. The zero-order valence-corrected chi connectivity index (χ0v) is 16.9. The monoisotopic (exact) mass is 436 g/mol. The number of anilines is 3. The average Bonchev–Trinajstić information content (AvgIpc) is 3.44. The lowest BCUT2D eigenvalue weighted by atomic mass is 10.1. The zero-order valence-electron chi connectivity index (χ0n) is 16.1. The lowest BCUT2D eigenvalue weighted by molar-refractivity contribution is -0.116. The van der Waals surface area contributed by atoms with Gasteiger partial charge in [-0.05, 0) is 64.4 Å². The van der Waals surface area contributed by atoms with E-state index in [0.717, 1.165) is 11.1 Å². The summed E-state index contributed by atoms with van der Waals surface area (Å²) >= 11 is 1.57. The Morgan fingerprint density at radius 2 is 1.87 bits per heavy atom. The van der Waals surface area contributed by atoms with Gasteiger partial charge in [-0.2, -0.15) is 11.3 Å². The molecule has 2 heterocycles. The molecular formula is C21H17FN6O2S. The molecular weight excluding hydrogens is 419 g/mol.